The number of sulfonamides is 1. The van der Waals surface area contributed by atoms with Crippen molar-refractivity contribution in [3.8, 4) is 0 Å². The van der Waals surface area contributed by atoms with Crippen LogP contribution in [0.2, 0.25) is 0 Å². The number of esters is 1. The van der Waals surface area contributed by atoms with Gasteiger partial charge < -0.3 is 9.64 Å². The molecule has 0 saturated carbocycles. The Labute approximate surface area is 149 Å². The van der Waals surface area contributed by atoms with Gasteiger partial charge in [-0.25, -0.2) is 12.7 Å². The van der Waals surface area contributed by atoms with Crippen LogP contribution in [0, 0.1) is 0 Å². The van der Waals surface area contributed by atoms with E-state index in [-0.39, 0.29) is 22.0 Å². The van der Waals surface area contributed by atoms with Crippen LogP contribution >= 0.6 is 0 Å². The van der Waals surface area contributed by atoms with Gasteiger partial charge in [0.05, 0.1) is 11.5 Å². The van der Waals surface area contributed by atoms with Crippen LogP contribution in [-0.2, 0) is 19.6 Å². The van der Waals surface area contributed by atoms with Crippen molar-refractivity contribution >= 4 is 21.9 Å². The Morgan fingerprint density at radius 1 is 1.19 bits per heavy atom. The van der Waals surface area contributed by atoms with E-state index >= 15 is 0 Å². The summed E-state index contributed by atoms with van der Waals surface area (Å²) in [7, 11) is -1.32. The van der Waals surface area contributed by atoms with Crippen molar-refractivity contribution in [3.05, 3.63) is 29.8 Å². The van der Waals surface area contributed by atoms with Gasteiger partial charge in [0.1, 0.15) is 13.1 Å². The third kappa shape index (κ3) is 5.99. The molecule has 0 heterocycles. The number of carbonyl (C=O) groups excluding carboxylic acids is 2. The van der Waals surface area contributed by atoms with Gasteiger partial charge in [-0.1, -0.05) is 6.07 Å². The zero-order chi connectivity index (χ0) is 20.1. The van der Waals surface area contributed by atoms with Crippen LogP contribution in [0.5, 0.6) is 0 Å². The molecule has 1 aromatic rings. The predicted octanol–water partition coefficient (Wildman–Crippen LogP) is 1.50. The van der Waals surface area contributed by atoms with E-state index in [0.717, 1.165) is 10.4 Å². The Hall–Kier alpha value is -2.14. The molecule has 0 aliphatic carbocycles. The molecule has 0 N–H and O–H groups in total. The summed E-state index contributed by atoms with van der Waals surface area (Å²) in [4.78, 5) is 23.9. The van der Waals surface area contributed by atoms with E-state index in [1.165, 1.54) is 39.2 Å². The Morgan fingerprint density at radius 3 is 2.31 bits per heavy atom. The summed E-state index contributed by atoms with van der Waals surface area (Å²) in [5.74, 6) is -2.13. The third-order valence-electron chi connectivity index (χ3n) is 3.14. The van der Waals surface area contributed by atoms with Crippen molar-refractivity contribution in [1.82, 2.24) is 9.21 Å². The molecule has 0 bridgehead atoms. The molecule has 0 aliphatic rings. The second-order valence-electron chi connectivity index (χ2n) is 5.40. The molecule has 0 unspecified atom stereocenters. The maximum atomic E-state index is 12.7. The lowest BCUT2D eigenvalue weighted by Crippen LogP contribution is -2.42. The smallest absolute Gasteiger partial charge is 0.406 e. The highest BCUT2D eigenvalue weighted by Gasteiger charge is 2.35. The fourth-order valence-corrected chi connectivity index (χ4v) is 2.91. The predicted molar refractivity (Wildman–Crippen MR) is 85.9 cm³/mol. The number of alkyl halides is 3. The van der Waals surface area contributed by atoms with Crippen molar-refractivity contribution in [3.63, 3.8) is 0 Å². The lowest BCUT2D eigenvalue weighted by molar-refractivity contribution is -0.153. The maximum absolute atomic E-state index is 12.7. The number of carbonyl (C=O) groups is 2. The van der Waals surface area contributed by atoms with Crippen molar-refractivity contribution in [2.24, 2.45) is 0 Å². The monoisotopic (exact) mass is 396 g/mol. The Morgan fingerprint density at radius 2 is 1.81 bits per heavy atom. The van der Waals surface area contributed by atoms with E-state index in [2.05, 4.69) is 4.74 Å². The van der Waals surface area contributed by atoms with Gasteiger partial charge in [0.25, 0.3) is 5.91 Å². The number of amides is 1. The molecular weight excluding hydrogens is 377 g/mol. The molecule has 11 heteroatoms. The summed E-state index contributed by atoms with van der Waals surface area (Å²) in [6.45, 7) is -1.15. The van der Waals surface area contributed by atoms with Gasteiger partial charge in [0.2, 0.25) is 10.0 Å². The molecule has 26 heavy (non-hydrogen) atoms. The van der Waals surface area contributed by atoms with Gasteiger partial charge >= 0.3 is 12.1 Å². The number of hydrogen-bond acceptors (Lipinski definition) is 5. The summed E-state index contributed by atoms with van der Waals surface area (Å²) in [6.07, 6.45) is -4.74. The zero-order valence-corrected chi connectivity index (χ0v) is 15.2. The van der Waals surface area contributed by atoms with Crippen molar-refractivity contribution in [1.29, 1.82) is 0 Å². The number of ether oxygens (including phenoxy) is 1. The van der Waals surface area contributed by atoms with E-state index in [1.807, 2.05) is 0 Å². The highest BCUT2D eigenvalue weighted by atomic mass is 32.2. The quantitative estimate of drug-likeness (QED) is 0.653. The summed E-state index contributed by atoms with van der Waals surface area (Å²) in [5, 5.41) is 0. The Bertz CT molecular complexity index is 763. The summed E-state index contributed by atoms with van der Waals surface area (Å²) in [5.41, 5.74) is -0.290. The second-order valence-corrected chi connectivity index (χ2v) is 7.55. The molecule has 0 aromatic heterocycles. The maximum Gasteiger partial charge on any atom is 0.406 e. The Kier molecular flexibility index (Phi) is 7.16. The van der Waals surface area contributed by atoms with E-state index in [1.54, 1.807) is 0 Å². The van der Waals surface area contributed by atoms with Gasteiger partial charge in [-0.05, 0) is 25.1 Å². The number of hydrogen-bond donors (Lipinski definition) is 0. The molecule has 146 valence electrons. The first-order chi connectivity index (χ1) is 11.9. The zero-order valence-electron chi connectivity index (χ0n) is 14.4. The van der Waals surface area contributed by atoms with Crippen molar-refractivity contribution in [2.75, 3.05) is 33.8 Å². The lowest BCUT2D eigenvalue weighted by atomic mass is 10.2. The van der Waals surface area contributed by atoms with Crippen molar-refractivity contribution in [2.45, 2.75) is 18.0 Å². The third-order valence-corrected chi connectivity index (χ3v) is 4.95. The summed E-state index contributed by atoms with van der Waals surface area (Å²) < 4.78 is 67.9. The number of nitrogens with zero attached hydrogens (tertiary/aromatic N) is 2. The number of rotatable bonds is 7. The van der Waals surface area contributed by atoms with Gasteiger partial charge in [0, 0.05) is 19.7 Å². The molecule has 0 spiro atoms. The molecule has 0 saturated heterocycles. The number of halogens is 3. The second kappa shape index (κ2) is 8.49. The van der Waals surface area contributed by atoms with Crippen LogP contribution in [-0.4, -0.2) is 69.5 Å². The first-order valence-corrected chi connectivity index (χ1v) is 8.86. The summed E-state index contributed by atoms with van der Waals surface area (Å²) >= 11 is 0. The van der Waals surface area contributed by atoms with E-state index in [0.29, 0.717) is 0 Å². The lowest BCUT2D eigenvalue weighted by Gasteiger charge is -2.23. The minimum atomic E-state index is -4.74. The van der Waals surface area contributed by atoms with Gasteiger partial charge in [-0.15, -0.1) is 0 Å². The van der Waals surface area contributed by atoms with E-state index < -0.39 is 41.2 Å². The minimum Gasteiger partial charge on any atom is -0.465 e. The molecule has 1 rings (SSSR count). The van der Waals surface area contributed by atoms with Crippen LogP contribution < -0.4 is 0 Å². The molecule has 7 nitrogen and oxygen atoms in total. The molecule has 1 amide bonds. The first kappa shape index (κ1) is 21.9. The van der Waals surface area contributed by atoms with E-state index in [4.69, 9.17) is 0 Å². The largest absolute Gasteiger partial charge is 0.465 e. The van der Waals surface area contributed by atoms with Crippen LogP contribution in [0.1, 0.15) is 17.3 Å². The minimum absolute atomic E-state index is 0.0521. The molecule has 0 fully saturated rings. The first-order valence-electron chi connectivity index (χ1n) is 7.42. The summed E-state index contributed by atoms with van der Waals surface area (Å²) in [6, 6.07) is 4.59. The molecular formula is C15H19F3N2O5S. The normalized spacial score (nSPS) is 12.1. The van der Waals surface area contributed by atoms with Gasteiger partial charge in [-0.2, -0.15) is 13.2 Å². The highest BCUT2D eigenvalue weighted by molar-refractivity contribution is 7.89. The molecule has 1 aromatic carbocycles. The topological polar surface area (TPSA) is 84.0 Å². The fraction of sp³-hybridized carbons (Fsp3) is 0.467. The number of benzene rings is 1. The van der Waals surface area contributed by atoms with Crippen LogP contribution in [0.3, 0.4) is 0 Å². The Balaban J connectivity index is 3.20. The average Bonchev–Trinajstić information content (AvgIpc) is 2.52. The van der Waals surface area contributed by atoms with Crippen LogP contribution in [0.15, 0.2) is 29.2 Å². The van der Waals surface area contributed by atoms with E-state index in [9.17, 15) is 31.2 Å². The molecule has 0 radical (unpaired) electrons. The molecule has 0 aliphatic heterocycles. The average molecular weight is 396 g/mol. The van der Waals surface area contributed by atoms with Crippen LogP contribution in [0.4, 0.5) is 13.2 Å². The van der Waals surface area contributed by atoms with Gasteiger partial charge in [-0.3, -0.25) is 9.59 Å². The fourth-order valence-electron chi connectivity index (χ4n) is 1.96. The highest BCUT2D eigenvalue weighted by Crippen LogP contribution is 2.20. The van der Waals surface area contributed by atoms with Crippen molar-refractivity contribution < 1.29 is 35.9 Å². The molecule has 0 atom stereocenters. The van der Waals surface area contributed by atoms with Gasteiger partial charge in [0.15, 0.2) is 0 Å². The van der Waals surface area contributed by atoms with Crippen LogP contribution in [0.25, 0.3) is 0 Å². The SMILES string of the molecule is CCOC(=O)CN(CC(F)(F)F)C(=O)c1cccc(S(=O)(=O)N(C)C)c1. The standard InChI is InChI=1S/C15H19F3N2O5S/c1-4-25-13(21)9-20(10-15(16,17)18)14(22)11-6-5-7-12(8-11)26(23,24)19(2)3/h5-8H,4,9-10H2,1-3H3.